The van der Waals surface area contributed by atoms with E-state index < -0.39 is 0 Å². The van der Waals surface area contributed by atoms with Gasteiger partial charge in [0.1, 0.15) is 0 Å². The normalized spacial score (nSPS) is 9.88. The number of aliphatic hydroxyl groups excluding tert-OH is 1. The molecule has 1 aromatic rings. The Kier molecular flexibility index (Phi) is 5.10. The number of halogens is 1. The molecular weight excluding hydrogens is 224 g/mol. The Morgan fingerprint density at radius 2 is 2.25 bits per heavy atom. The van der Waals surface area contributed by atoms with Crippen molar-refractivity contribution in [1.29, 1.82) is 5.26 Å². The maximum absolute atomic E-state index is 8.97. The molecule has 3 nitrogen and oxygen atoms in total. The molecule has 0 aliphatic rings. The zero-order valence-corrected chi connectivity index (χ0v) is 10.0. The third-order valence-electron chi connectivity index (χ3n) is 2.41. The zero-order valence-electron chi connectivity index (χ0n) is 9.28. The van der Waals surface area contributed by atoms with Crippen molar-refractivity contribution < 1.29 is 5.11 Å². The number of benzene rings is 1. The van der Waals surface area contributed by atoms with Crippen molar-refractivity contribution in [2.75, 3.05) is 18.0 Å². The van der Waals surface area contributed by atoms with Crippen molar-refractivity contribution in [3.05, 3.63) is 28.8 Å². The molecule has 1 rings (SSSR count). The summed E-state index contributed by atoms with van der Waals surface area (Å²) in [6, 6.07) is 7.60. The van der Waals surface area contributed by atoms with Crippen LogP contribution < -0.4 is 4.90 Å². The first-order chi connectivity index (χ1) is 7.72. The van der Waals surface area contributed by atoms with Gasteiger partial charge in [-0.25, -0.2) is 0 Å². The first kappa shape index (κ1) is 12.8. The molecule has 0 spiro atoms. The van der Waals surface area contributed by atoms with Crippen molar-refractivity contribution in [2.45, 2.75) is 20.0 Å². The molecule has 0 radical (unpaired) electrons. The summed E-state index contributed by atoms with van der Waals surface area (Å²) in [4.78, 5) is 2.05. The third-order valence-corrected chi connectivity index (χ3v) is 2.71. The monoisotopic (exact) mass is 238 g/mol. The van der Waals surface area contributed by atoms with E-state index in [-0.39, 0.29) is 6.61 Å². The van der Waals surface area contributed by atoms with Crippen LogP contribution in [0.3, 0.4) is 0 Å². The van der Waals surface area contributed by atoms with Crippen molar-refractivity contribution in [1.82, 2.24) is 0 Å². The lowest BCUT2D eigenvalue weighted by atomic mass is 10.2. The second-order valence-corrected chi connectivity index (χ2v) is 3.84. The lowest BCUT2D eigenvalue weighted by Crippen LogP contribution is -2.23. The molecule has 0 atom stereocenters. The van der Waals surface area contributed by atoms with Crippen LogP contribution in [0.5, 0.6) is 0 Å². The fourth-order valence-corrected chi connectivity index (χ4v) is 1.86. The molecule has 0 aliphatic carbocycles. The van der Waals surface area contributed by atoms with E-state index in [2.05, 4.69) is 6.07 Å². The van der Waals surface area contributed by atoms with E-state index in [1.807, 2.05) is 24.0 Å². The quantitative estimate of drug-likeness (QED) is 0.858. The predicted molar refractivity (Wildman–Crippen MR) is 65.5 cm³/mol. The van der Waals surface area contributed by atoms with Crippen molar-refractivity contribution in [3.8, 4) is 6.07 Å². The highest BCUT2D eigenvalue weighted by Crippen LogP contribution is 2.27. The van der Waals surface area contributed by atoms with Gasteiger partial charge >= 0.3 is 0 Å². The maximum atomic E-state index is 8.97. The van der Waals surface area contributed by atoms with Crippen molar-refractivity contribution in [2.24, 2.45) is 0 Å². The largest absolute Gasteiger partial charge is 0.392 e. The minimum absolute atomic E-state index is 0.00960. The van der Waals surface area contributed by atoms with E-state index in [1.165, 1.54) is 0 Å². The van der Waals surface area contributed by atoms with Crippen molar-refractivity contribution in [3.63, 3.8) is 0 Å². The SMILES string of the molecule is CCN(CCC#N)c1ccc(CO)cc1Cl. The van der Waals surface area contributed by atoms with Crippen LogP contribution in [0.4, 0.5) is 5.69 Å². The van der Waals surface area contributed by atoms with Crippen LogP contribution in [0, 0.1) is 11.3 Å². The Hall–Kier alpha value is -1.24. The second kappa shape index (κ2) is 6.37. The summed E-state index contributed by atoms with van der Waals surface area (Å²) in [6.45, 7) is 3.49. The Morgan fingerprint density at radius 1 is 1.50 bits per heavy atom. The van der Waals surface area contributed by atoms with Gasteiger partial charge in [0, 0.05) is 13.1 Å². The van der Waals surface area contributed by atoms with Gasteiger partial charge in [-0.3, -0.25) is 0 Å². The fourth-order valence-electron chi connectivity index (χ4n) is 1.54. The number of hydrogen-bond donors (Lipinski definition) is 1. The van der Waals surface area contributed by atoms with Crippen LogP contribution in [-0.2, 0) is 6.61 Å². The van der Waals surface area contributed by atoms with Gasteiger partial charge in [-0.05, 0) is 24.6 Å². The van der Waals surface area contributed by atoms with Crippen LogP contribution in [0.15, 0.2) is 18.2 Å². The fraction of sp³-hybridized carbons (Fsp3) is 0.417. The molecule has 0 saturated heterocycles. The number of rotatable bonds is 5. The van der Waals surface area contributed by atoms with E-state index >= 15 is 0 Å². The summed E-state index contributed by atoms with van der Waals surface area (Å²) in [6.07, 6.45) is 0.478. The second-order valence-electron chi connectivity index (χ2n) is 3.43. The van der Waals surface area contributed by atoms with Gasteiger partial charge < -0.3 is 10.0 Å². The van der Waals surface area contributed by atoms with Crippen LogP contribution in [0.2, 0.25) is 5.02 Å². The van der Waals surface area contributed by atoms with E-state index in [1.54, 1.807) is 6.07 Å². The summed E-state index contributed by atoms with van der Waals surface area (Å²) in [7, 11) is 0. The van der Waals surface area contributed by atoms with E-state index in [0.29, 0.717) is 18.0 Å². The highest BCUT2D eigenvalue weighted by atomic mass is 35.5. The maximum Gasteiger partial charge on any atom is 0.0682 e. The van der Waals surface area contributed by atoms with Gasteiger partial charge in [-0.2, -0.15) is 5.26 Å². The van der Waals surface area contributed by atoms with Gasteiger partial charge in [-0.15, -0.1) is 0 Å². The molecule has 0 fully saturated rings. The molecule has 1 aromatic carbocycles. The van der Waals surface area contributed by atoms with Crippen LogP contribution in [0.25, 0.3) is 0 Å². The van der Waals surface area contributed by atoms with Gasteiger partial charge in [-0.1, -0.05) is 17.7 Å². The molecule has 1 N–H and O–H groups in total. The number of nitriles is 1. The molecule has 16 heavy (non-hydrogen) atoms. The van der Waals surface area contributed by atoms with Gasteiger partial charge in [0.25, 0.3) is 0 Å². The molecule has 0 amide bonds. The predicted octanol–water partition coefficient (Wildman–Crippen LogP) is 2.57. The zero-order chi connectivity index (χ0) is 12.0. The lowest BCUT2D eigenvalue weighted by molar-refractivity contribution is 0.282. The number of hydrogen-bond acceptors (Lipinski definition) is 3. The lowest BCUT2D eigenvalue weighted by Gasteiger charge is -2.23. The number of nitrogens with zero attached hydrogens (tertiary/aromatic N) is 2. The summed E-state index contributed by atoms with van der Waals surface area (Å²) in [5.41, 5.74) is 1.71. The van der Waals surface area contributed by atoms with E-state index in [0.717, 1.165) is 17.8 Å². The molecule has 0 aromatic heterocycles. The first-order valence-corrected chi connectivity index (χ1v) is 5.62. The standard InChI is InChI=1S/C12H15ClN2O/c1-2-15(7-3-6-14)12-5-4-10(9-16)8-11(12)13/h4-5,8,16H,2-3,7,9H2,1H3. The molecule has 0 unspecified atom stereocenters. The van der Waals surface area contributed by atoms with Gasteiger partial charge in [0.15, 0.2) is 0 Å². The van der Waals surface area contributed by atoms with Crippen LogP contribution in [-0.4, -0.2) is 18.2 Å². The molecule has 86 valence electrons. The van der Waals surface area contributed by atoms with Gasteiger partial charge in [0.2, 0.25) is 0 Å². The smallest absolute Gasteiger partial charge is 0.0682 e. The van der Waals surface area contributed by atoms with Crippen LogP contribution in [0.1, 0.15) is 18.9 Å². The highest BCUT2D eigenvalue weighted by molar-refractivity contribution is 6.33. The molecule has 4 heteroatoms. The third kappa shape index (κ3) is 3.13. The Morgan fingerprint density at radius 3 is 2.75 bits per heavy atom. The topological polar surface area (TPSA) is 47.3 Å². The summed E-state index contributed by atoms with van der Waals surface area (Å²) < 4.78 is 0. The molecule has 0 saturated carbocycles. The van der Waals surface area contributed by atoms with E-state index in [4.69, 9.17) is 22.0 Å². The number of aliphatic hydroxyl groups is 1. The summed E-state index contributed by atoms with van der Waals surface area (Å²) in [5, 5.41) is 18.2. The van der Waals surface area contributed by atoms with E-state index in [9.17, 15) is 0 Å². The first-order valence-electron chi connectivity index (χ1n) is 5.24. The molecule has 0 heterocycles. The Balaban J connectivity index is 2.88. The average Bonchev–Trinajstić information content (AvgIpc) is 2.31. The minimum atomic E-state index is -0.00960. The summed E-state index contributed by atoms with van der Waals surface area (Å²) >= 11 is 6.12. The molecule has 0 aliphatic heterocycles. The average molecular weight is 239 g/mol. The Bertz CT molecular complexity index is 387. The van der Waals surface area contributed by atoms with Gasteiger partial charge in [0.05, 0.1) is 29.8 Å². The number of anilines is 1. The Labute approximate surface area is 101 Å². The van der Waals surface area contributed by atoms with Crippen molar-refractivity contribution >= 4 is 17.3 Å². The van der Waals surface area contributed by atoms with Crippen LogP contribution >= 0.6 is 11.6 Å². The minimum Gasteiger partial charge on any atom is -0.392 e. The summed E-state index contributed by atoms with van der Waals surface area (Å²) in [5.74, 6) is 0. The molecular formula is C12H15ClN2O. The molecule has 0 bridgehead atoms. The highest BCUT2D eigenvalue weighted by Gasteiger charge is 2.08.